The van der Waals surface area contributed by atoms with Crippen LogP contribution >= 0.6 is 0 Å². The van der Waals surface area contributed by atoms with E-state index in [1.54, 1.807) is 0 Å². The largest absolute Gasteiger partial charge is 0.456 e. The molecule has 0 unspecified atom stereocenters. The molecule has 0 saturated heterocycles. The molecule has 0 saturated carbocycles. The van der Waals surface area contributed by atoms with E-state index in [1.165, 1.54) is 16.2 Å². The van der Waals surface area contributed by atoms with Gasteiger partial charge in [0.1, 0.15) is 11.2 Å². The van der Waals surface area contributed by atoms with Crippen LogP contribution in [0.1, 0.15) is 5.56 Å². The van der Waals surface area contributed by atoms with E-state index in [4.69, 9.17) is 19.4 Å². The molecule has 0 amide bonds. The zero-order chi connectivity index (χ0) is 35.3. The minimum absolute atomic E-state index is 0.561. The Morgan fingerprint density at radius 3 is 1.74 bits per heavy atom. The van der Waals surface area contributed by atoms with E-state index in [9.17, 15) is 5.26 Å². The highest BCUT2D eigenvalue weighted by Gasteiger charge is 2.17. The summed E-state index contributed by atoms with van der Waals surface area (Å²) in [6.07, 6.45) is 0. The maximum absolute atomic E-state index is 9.23. The van der Waals surface area contributed by atoms with Crippen LogP contribution in [-0.4, -0.2) is 15.0 Å². The van der Waals surface area contributed by atoms with Gasteiger partial charge in [0.05, 0.1) is 11.6 Å². The monoisotopic (exact) mass is 676 g/mol. The standard InChI is InChI=1S/C48H28N4O/c49-29-30-13-15-31(16-14-30)32-17-20-35(21-18-32)46-50-47(37-23-25-40-36(27-37)22-19-34-9-4-5-10-39(34)40)52-48(51-46)38-24-26-42-44(28-38)53-43-12-6-11-41(45(42)43)33-7-2-1-3-8-33/h1-28H. The number of fused-ring (bicyclic) bond motifs is 6. The maximum Gasteiger partial charge on any atom is 0.164 e. The molecule has 10 rings (SSSR count). The Kier molecular flexibility index (Phi) is 7.12. The summed E-state index contributed by atoms with van der Waals surface area (Å²) < 4.78 is 6.47. The number of aromatic nitrogens is 3. The van der Waals surface area contributed by atoms with Gasteiger partial charge in [-0.05, 0) is 80.2 Å². The van der Waals surface area contributed by atoms with E-state index < -0.39 is 0 Å². The first-order chi connectivity index (χ1) is 26.2. The Morgan fingerprint density at radius 2 is 0.981 bits per heavy atom. The first-order valence-electron chi connectivity index (χ1n) is 17.5. The lowest BCUT2D eigenvalue weighted by Crippen LogP contribution is -2.00. The Morgan fingerprint density at radius 1 is 0.396 bits per heavy atom. The van der Waals surface area contributed by atoms with Gasteiger partial charge < -0.3 is 4.42 Å². The number of nitriles is 1. The number of hydrogen-bond acceptors (Lipinski definition) is 5. The smallest absolute Gasteiger partial charge is 0.164 e. The van der Waals surface area contributed by atoms with Crippen LogP contribution in [0.2, 0.25) is 0 Å². The average Bonchev–Trinajstić information content (AvgIpc) is 3.62. The fourth-order valence-corrected chi connectivity index (χ4v) is 7.29. The third-order valence-corrected chi connectivity index (χ3v) is 9.97. The molecule has 8 aromatic carbocycles. The number of hydrogen-bond donors (Lipinski definition) is 0. The highest BCUT2D eigenvalue weighted by atomic mass is 16.3. The minimum Gasteiger partial charge on any atom is -0.456 e. The summed E-state index contributed by atoms with van der Waals surface area (Å²) in [5.74, 6) is 1.73. The van der Waals surface area contributed by atoms with Gasteiger partial charge in [-0.15, -0.1) is 0 Å². The van der Waals surface area contributed by atoms with Crippen LogP contribution in [0.3, 0.4) is 0 Å². The molecule has 2 heterocycles. The average molecular weight is 677 g/mol. The highest BCUT2D eigenvalue weighted by molar-refractivity contribution is 6.13. The summed E-state index contributed by atoms with van der Waals surface area (Å²) in [6.45, 7) is 0. The first-order valence-corrected chi connectivity index (χ1v) is 17.5. The van der Waals surface area contributed by atoms with Crippen molar-refractivity contribution in [2.45, 2.75) is 0 Å². The van der Waals surface area contributed by atoms with Crippen molar-refractivity contribution in [3.05, 3.63) is 175 Å². The lowest BCUT2D eigenvalue weighted by Gasteiger charge is -2.10. The van der Waals surface area contributed by atoms with Crippen LogP contribution in [0.5, 0.6) is 0 Å². The number of furan rings is 1. The van der Waals surface area contributed by atoms with E-state index in [0.29, 0.717) is 23.0 Å². The first kappa shape index (κ1) is 30.4. The Bertz CT molecular complexity index is 3050. The summed E-state index contributed by atoms with van der Waals surface area (Å²) in [4.78, 5) is 15.2. The second kappa shape index (κ2) is 12.4. The summed E-state index contributed by atoms with van der Waals surface area (Å²) >= 11 is 0. The van der Waals surface area contributed by atoms with Gasteiger partial charge in [0.2, 0.25) is 0 Å². The second-order valence-corrected chi connectivity index (χ2v) is 13.2. The van der Waals surface area contributed by atoms with E-state index in [-0.39, 0.29) is 0 Å². The predicted molar refractivity (Wildman–Crippen MR) is 214 cm³/mol. The van der Waals surface area contributed by atoms with Crippen LogP contribution in [0, 0.1) is 11.3 Å². The van der Waals surface area contributed by atoms with Gasteiger partial charge in [-0.1, -0.05) is 133 Å². The van der Waals surface area contributed by atoms with Gasteiger partial charge in [-0.25, -0.2) is 15.0 Å². The van der Waals surface area contributed by atoms with Crippen molar-refractivity contribution in [3.63, 3.8) is 0 Å². The molecule has 53 heavy (non-hydrogen) atoms. The molecule has 0 fully saturated rings. The fraction of sp³-hybridized carbons (Fsp3) is 0. The Hall–Kier alpha value is -7.42. The quantitative estimate of drug-likeness (QED) is 0.170. The lowest BCUT2D eigenvalue weighted by molar-refractivity contribution is 0.669. The molecule has 0 atom stereocenters. The molecular weight excluding hydrogens is 649 g/mol. The zero-order valence-corrected chi connectivity index (χ0v) is 28.4. The molecule has 0 spiro atoms. The van der Waals surface area contributed by atoms with Crippen molar-refractivity contribution in [3.8, 4) is 62.5 Å². The molecule has 0 bridgehead atoms. The second-order valence-electron chi connectivity index (χ2n) is 13.2. The van der Waals surface area contributed by atoms with Crippen LogP contribution < -0.4 is 0 Å². The predicted octanol–water partition coefficient (Wildman–Crippen LogP) is 12.3. The number of rotatable bonds is 5. The molecule has 10 aromatic rings. The Balaban J connectivity index is 1.11. The third-order valence-electron chi connectivity index (χ3n) is 9.97. The van der Waals surface area contributed by atoms with Crippen molar-refractivity contribution in [2.75, 3.05) is 0 Å². The van der Waals surface area contributed by atoms with Gasteiger partial charge in [-0.3, -0.25) is 0 Å². The van der Waals surface area contributed by atoms with Crippen molar-refractivity contribution < 1.29 is 4.42 Å². The van der Waals surface area contributed by atoms with Crippen LogP contribution in [0.25, 0.3) is 99.9 Å². The van der Waals surface area contributed by atoms with Crippen molar-refractivity contribution in [1.82, 2.24) is 15.0 Å². The van der Waals surface area contributed by atoms with Crippen molar-refractivity contribution in [1.29, 1.82) is 5.26 Å². The molecule has 5 nitrogen and oxygen atoms in total. The fourth-order valence-electron chi connectivity index (χ4n) is 7.29. The highest BCUT2D eigenvalue weighted by Crippen LogP contribution is 2.38. The van der Waals surface area contributed by atoms with Gasteiger partial charge in [0.15, 0.2) is 17.5 Å². The van der Waals surface area contributed by atoms with Gasteiger partial charge in [0, 0.05) is 27.5 Å². The lowest BCUT2D eigenvalue weighted by atomic mass is 9.99. The number of nitrogens with zero attached hydrogens (tertiary/aromatic N) is 4. The molecule has 0 aliphatic rings. The molecule has 0 radical (unpaired) electrons. The van der Waals surface area contributed by atoms with Crippen LogP contribution in [-0.2, 0) is 0 Å². The summed E-state index contributed by atoms with van der Waals surface area (Å²) in [5, 5.41) is 16.1. The number of benzene rings is 8. The molecule has 0 aliphatic heterocycles. The van der Waals surface area contributed by atoms with Crippen molar-refractivity contribution >= 4 is 43.5 Å². The van der Waals surface area contributed by atoms with Gasteiger partial charge >= 0.3 is 0 Å². The van der Waals surface area contributed by atoms with E-state index in [1.807, 2.05) is 60.7 Å². The summed E-state index contributed by atoms with van der Waals surface area (Å²) in [6, 6.07) is 60.0. The topological polar surface area (TPSA) is 75.6 Å². The third kappa shape index (κ3) is 5.38. The van der Waals surface area contributed by atoms with Crippen LogP contribution in [0.4, 0.5) is 0 Å². The minimum atomic E-state index is 0.561. The van der Waals surface area contributed by atoms with Gasteiger partial charge in [0.25, 0.3) is 0 Å². The molecule has 5 heteroatoms. The van der Waals surface area contributed by atoms with E-state index in [2.05, 4.69) is 115 Å². The zero-order valence-electron chi connectivity index (χ0n) is 28.4. The molecule has 2 aromatic heterocycles. The van der Waals surface area contributed by atoms with E-state index >= 15 is 0 Å². The van der Waals surface area contributed by atoms with E-state index in [0.717, 1.165) is 66.3 Å². The molecule has 0 aliphatic carbocycles. The Labute approximate surface area is 305 Å². The SMILES string of the molecule is N#Cc1ccc(-c2ccc(-c3nc(-c4ccc5c(ccc6ccccc65)c4)nc(-c4ccc5c(c4)oc4cccc(-c6ccccc6)c45)n3)cc2)cc1. The normalized spacial score (nSPS) is 11.4. The molecule has 246 valence electrons. The molecule has 0 N–H and O–H groups in total. The van der Waals surface area contributed by atoms with Crippen LogP contribution in [0.15, 0.2) is 174 Å². The summed E-state index contributed by atoms with van der Waals surface area (Å²) in [7, 11) is 0. The van der Waals surface area contributed by atoms with Gasteiger partial charge in [-0.2, -0.15) is 5.26 Å². The van der Waals surface area contributed by atoms with Crippen molar-refractivity contribution in [2.24, 2.45) is 0 Å². The molecular formula is C48H28N4O. The maximum atomic E-state index is 9.23. The summed E-state index contributed by atoms with van der Waals surface area (Å²) in [5.41, 5.74) is 9.21.